The first-order chi connectivity index (χ1) is 12.7. The first kappa shape index (κ1) is 17.3. The maximum Gasteiger partial charge on any atom is 0.287 e. The third-order valence-corrected chi connectivity index (χ3v) is 3.72. The predicted molar refractivity (Wildman–Crippen MR) is 102 cm³/mol. The number of benzene rings is 2. The number of nitrogens with zero attached hydrogens (tertiary/aromatic N) is 1. The van der Waals surface area contributed by atoms with Gasteiger partial charge in [-0.1, -0.05) is 18.7 Å². The summed E-state index contributed by atoms with van der Waals surface area (Å²) >= 11 is 0. The van der Waals surface area contributed by atoms with E-state index in [0.717, 1.165) is 22.2 Å². The lowest BCUT2D eigenvalue weighted by atomic mass is 10.2. The van der Waals surface area contributed by atoms with E-state index in [0.29, 0.717) is 18.1 Å². The molecule has 6 heteroatoms. The van der Waals surface area contributed by atoms with Gasteiger partial charge >= 0.3 is 0 Å². The topological polar surface area (TPSA) is 75.7 Å². The number of hydrazone groups is 1. The van der Waals surface area contributed by atoms with Gasteiger partial charge in [0.05, 0.1) is 13.3 Å². The van der Waals surface area contributed by atoms with Crippen LogP contribution < -0.4 is 14.9 Å². The molecule has 0 aliphatic heterocycles. The van der Waals surface area contributed by atoms with Crippen molar-refractivity contribution in [3.8, 4) is 11.5 Å². The average Bonchev–Trinajstić information content (AvgIpc) is 3.11. The van der Waals surface area contributed by atoms with Crippen LogP contribution in [-0.4, -0.2) is 30.8 Å². The molecule has 0 bridgehead atoms. The highest BCUT2D eigenvalue weighted by molar-refractivity contribution is 6.00. The summed E-state index contributed by atoms with van der Waals surface area (Å²) in [4.78, 5) is 15.3. The van der Waals surface area contributed by atoms with Crippen LogP contribution in [0.2, 0.25) is 0 Å². The normalized spacial score (nSPS) is 10.8. The van der Waals surface area contributed by atoms with E-state index in [1.807, 2.05) is 42.5 Å². The Bertz CT molecular complexity index is 943. The molecule has 0 atom stereocenters. The zero-order valence-corrected chi connectivity index (χ0v) is 14.4. The van der Waals surface area contributed by atoms with Gasteiger partial charge in [0.15, 0.2) is 0 Å². The van der Waals surface area contributed by atoms with E-state index in [9.17, 15) is 4.79 Å². The number of hydrogen-bond donors (Lipinski definition) is 2. The minimum atomic E-state index is -0.328. The Morgan fingerprint density at radius 1 is 1.27 bits per heavy atom. The number of carbonyl (C=O) groups is 1. The van der Waals surface area contributed by atoms with Crippen molar-refractivity contribution in [3.05, 3.63) is 72.4 Å². The molecule has 132 valence electrons. The van der Waals surface area contributed by atoms with Gasteiger partial charge in [0.1, 0.15) is 23.8 Å². The molecule has 1 aromatic heterocycles. The Balaban J connectivity index is 1.65. The number of fused-ring (bicyclic) bond motifs is 1. The maximum atomic E-state index is 12.3. The van der Waals surface area contributed by atoms with Crippen molar-refractivity contribution in [3.63, 3.8) is 0 Å². The van der Waals surface area contributed by atoms with Crippen LogP contribution in [-0.2, 0) is 0 Å². The Morgan fingerprint density at radius 3 is 2.81 bits per heavy atom. The monoisotopic (exact) mass is 349 g/mol. The Labute approximate surface area is 151 Å². The van der Waals surface area contributed by atoms with Crippen molar-refractivity contribution >= 4 is 23.0 Å². The number of ether oxygens (including phenoxy) is 2. The lowest BCUT2D eigenvalue weighted by Crippen LogP contribution is -2.17. The molecule has 26 heavy (non-hydrogen) atoms. The van der Waals surface area contributed by atoms with E-state index in [4.69, 9.17) is 9.47 Å². The third-order valence-electron chi connectivity index (χ3n) is 3.72. The number of rotatable bonds is 7. The van der Waals surface area contributed by atoms with E-state index < -0.39 is 0 Å². The molecule has 2 N–H and O–H groups in total. The second-order valence-electron chi connectivity index (χ2n) is 5.47. The first-order valence-electron chi connectivity index (χ1n) is 8.04. The highest BCUT2D eigenvalue weighted by Crippen LogP contribution is 2.25. The summed E-state index contributed by atoms with van der Waals surface area (Å²) in [5.41, 5.74) is 4.59. The molecule has 2 aromatic carbocycles. The van der Waals surface area contributed by atoms with Crippen LogP contribution in [0.25, 0.3) is 10.9 Å². The van der Waals surface area contributed by atoms with Crippen LogP contribution >= 0.6 is 0 Å². The summed E-state index contributed by atoms with van der Waals surface area (Å²) in [6, 6.07) is 14.7. The minimum Gasteiger partial charge on any atom is -0.496 e. The number of H-pyrrole nitrogens is 1. The van der Waals surface area contributed by atoms with E-state index in [1.54, 1.807) is 25.5 Å². The van der Waals surface area contributed by atoms with Crippen molar-refractivity contribution in [1.82, 2.24) is 10.4 Å². The summed E-state index contributed by atoms with van der Waals surface area (Å²) < 4.78 is 10.7. The van der Waals surface area contributed by atoms with Crippen molar-refractivity contribution in [2.45, 2.75) is 0 Å². The molecule has 0 aliphatic rings. The highest BCUT2D eigenvalue weighted by Gasteiger charge is 2.11. The fourth-order valence-corrected chi connectivity index (χ4v) is 2.46. The minimum absolute atomic E-state index is 0.328. The number of nitrogens with one attached hydrogen (secondary N) is 2. The molecule has 3 aromatic rings. The second-order valence-corrected chi connectivity index (χ2v) is 5.47. The Hall–Kier alpha value is -3.54. The molecule has 1 amide bonds. The largest absolute Gasteiger partial charge is 0.496 e. The van der Waals surface area contributed by atoms with Gasteiger partial charge in [0.2, 0.25) is 0 Å². The fraction of sp³-hybridized carbons (Fsp3) is 0.100. The van der Waals surface area contributed by atoms with Gasteiger partial charge < -0.3 is 14.5 Å². The molecule has 3 rings (SSSR count). The van der Waals surface area contributed by atoms with Crippen LogP contribution in [0.15, 0.2) is 66.3 Å². The molecular weight excluding hydrogens is 330 g/mol. The number of amides is 1. The molecule has 0 unspecified atom stereocenters. The lowest BCUT2D eigenvalue weighted by molar-refractivity contribution is 0.0951. The quantitative estimate of drug-likeness (QED) is 0.389. The fourth-order valence-electron chi connectivity index (χ4n) is 2.46. The van der Waals surface area contributed by atoms with Crippen LogP contribution in [0.4, 0.5) is 0 Å². The average molecular weight is 349 g/mol. The second kappa shape index (κ2) is 8.02. The molecule has 1 heterocycles. The van der Waals surface area contributed by atoms with Gasteiger partial charge in [-0.25, -0.2) is 5.43 Å². The predicted octanol–water partition coefficient (Wildman–Crippen LogP) is 3.51. The number of aromatic nitrogens is 1. The highest BCUT2D eigenvalue weighted by atomic mass is 16.5. The number of carbonyl (C=O) groups excluding carboxylic acids is 1. The molecule has 0 spiro atoms. The van der Waals surface area contributed by atoms with Crippen molar-refractivity contribution in [2.24, 2.45) is 5.10 Å². The van der Waals surface area contributed by atoms with Gasteiger partial charge in [-0.05, 0) is 48.0 Å². The van der Waals surface area contributed by atoms with Crippen molar-refractivity contribution < 1.29 is 14.3 Å². The maximum absolute atomic E-state index is 12.3. The summed E-state index contributed by atoms with van der Waals surface area (Å²) in [7, 11) is 1.60. The Morgan fingerprint density at radius 2 is 2.08 bits per heavy atom. The third kappa shape index (κ3) is 3.92. The SMILES string of the molecule is C=CCOc1ccc(C=NNC(=O)c2cc3c(OC)cccc3[nH]2)cc1. The van der Waals surface area contributed by atoms with Crippen molar-refractivity contribution in [2.75, 3.05) is 13.7 Å². The number of methoxy groups -OCH3 is 1. The zero-order valence-electron chi connectivity index (χ0n) is 14.4. The van der Waals surface area contributed by atoms with Crippen LogP contribution in [0.3, 0.4) is 0 Å². The molecule has 0 radical (unpaired) electrons. The molecular formula is C20H19N3O3. The Kier molecular flexibility index (Phi) is 5.34. The molecule has 0 aliphatic carbocycles. The van der Waals surface area contributed by atoms with Gasteiger partial charge in [0.25, 0.3) is 5.91 Å². The van der Waals surface area contributed by atoms with Crippen molar-refractivity contribution in [1.29, 1.82) is 0 Å². The molecule has 6 nitrogen and oxygen atoms in total. The van der Waals surface area contributed by atoms with Crippen LogP contribution in [0.1, 0.15) is 16.1 Å². The van der Waals surface area contributed by atoms with E-state index in [-0.39, 0.29) is 5.91 Å². The summed E-state index contributed by atoms with van der Waals surface area (Å²) in [5.74, 6) is 1.13. The standard InChI is InChI=1S/C20H19N3O3/c1-3-11-26-15-9-7-14(8-10-15)13-21-23-20(24)18-12-16-17(22-18)5-4-6-19(16)25-2/h3-10,12-13,22H,1,11H2,2H3,(H,23,24). The van der Waals surface area contributed by atoms with Gasteiger partial charge in [-0.2, -0.15) is 5.10 Å². The lowest BCUT2D eigenvalue weighted by Gasteiger charge is -2.02. The van der Waals surface area contributed by atoms with Gasteiger partial charge in [-0.3, -0.25) is 4.79 Å². The van der Waals surface area contributed by atoms with E-state index in [2.05, 4.69) is 22.1 Å². The van der Waals surface area contributed by atoms with Crippen LogP contribution in [0.5, 0.6) is 11.5 Å². The molecule has 0 saturated heterocycles. The summed E-state index contributed by atoms with van der Waals surface area (Å²) in [6.45, 7) is 4.06. The van der Waals surface area contributed by atoms with Crippen LogP contribution in [0, 0.1) is 0 Å². The zero-order chi connectivity index (χ0) is 18.4. The van der Waals surface area contributed by atoms with E-state index in [1.165, 1.54) is 0 Å². The van der Waals surface area contributed by atoms with Gasteiger partial charge in [-0.15, -0.1) is 0 Å². The van der Waals surface area contributed by atoms with E-state index >= 15 is 0 Å². The first-order valence-corrected chi connectivity index (χ1v) is 8.04. The number of aromatic amines is 1. The van der Waals surface area contributed by atoms with Gasteiger partial charge in [0, 0.05) is 10.9 Å². The molecule has 0 saturated carbocycles. The smallest absolute Gasteiger partial charge is 0.287 e. The summed E-state index contributed by atoms with van der Waals surface area (Å²) in [5, 5.41) is 4.84. The number of hydrogen-bond acceptors (Lipinski definition) is 4. The summed E-state index contributed by atoms with van der Waals surface area (Å²) in [6.07, 6.45) is 3.25. The molecule has 0 fully saturated rings.